The zero-order chi connectivity index (χ0) is 16.4. The largest absolute Gasteiger partial charge is 0.376 e. The number of aryl methyl sites for hydroxylation is 1. The van der Waals surface area contributed by atoms with E-state index in [9.17, 15) is 8.42 Å². The van der Waals surface area contributed by atoms with E-state index in [1.807, 2.05) is 11.6 Å². The van der Waals surface area contributed by atoms with Gasteiger partial charge in [0.25, 0.3) is 0 Å². The highest BCUT2D eigenvalue weighted by Crippen LogP contribution is 2.20. The minimum absolute atomic E-state index is 0.170. The number of nitrogens with one attached hydrogen (secondary N) is 1. The molecule has 0 atom stereocenters. The maximum atomic E-state index is 12.3. The van der Waals surface area contributed by atoms with Crippen LogP contribution in [-0.4, -0.2) is 31.3 Å². The fourth-order valence-corrected chi connectivity index (χ4v) is 3.81. The van der Waals surface area contributed by atoms with Gasteiger partial charge in [-0.25, -0.2) is 13.1 Å². The first kappa shape index (κ1) is 16.4. The molecule has 0 aliphatic carbocycles. The van der Waals surface area contributed by atoms with Gasteiger partial charge in [0.1, 0.15) is 0 Å². The Morgan fingerprint density at radius 1 is 1.43 bits per heavy atom. The summed E-state index contributed by atoms with van der Waals surface area (Å²) >= 11 is 6.00. The van der Waals surface area contributed by atoms with Crippen LogP contribution in [-0.2, 0) is 34.3 Å². The lowest BCUT2D eigenvalue weighted by molar-refractivity contribution is 0.109. The fourth-order valence-electron chi connectivity index (χ4n) is 2.51. The summed E-state index contributed by atoms with van der Waals surface area (Å²) < 4.78 is 34.4. The Morgan fingerprint density at radius 2 is 2.26 bits per heavy atom. The van der Waals surface area contributed by atoms with E-state index in [1.54, 1.807) is 18.3 Å². The Kier molecular flexibility index (Phi) is 4.72. The highest BCUT2D eigenvalue weighted by molar-refractivity contribution is 7.89. The molecule has 23 heavy (non-hydrogen) atoms. The first-order valence-electron chi connectivity index (χ1n) is 7.34. The Balaban J connectivity index is 1.65. The van der Waals surface area contributed by atoms with Crippen LogP contribution in [0.1, 0.15) is 16.8 Å². The molecule has 0 amide bonds. The summed E-state index contributed by atoms with van der Waals surface area (Å²) in [5.74, 6) is 0. The van der Waals surface area contributed by atoms with Crippen LogP contribution in [0.25, 0.3) is 0 Å². The molecule has 0 spiro atoms. The van der Waals surface area contributed by atoms with Crippen LogP contribution in [0.15, 0.2) is 29.3 Å². The second kappa shape index (κ2) is 6.60. The van der Waals surface area contributed by atoms with Crippen molar-refractivity contribution in [3.05, 3.63) is 46.2 Å². The summed E-state index contributed by atoms with van der Waals surface area (Å²) in [7, 11) is -3.57. The van der Waals surface area contributed by atoms with Gasteiger partial charge in [-0.3, -0.25) is 4.68 Å². The van der Waals surface area contributed by atoms with Gasteiger partial charge in [0.15, 0.2) is 0 Å². The van der Waals surface area contributed by atoms with Crippen molar-refractivity contribution in [3.63, 3.8) is 0 Å². The van der Waals surface area contributed by atoms with Gasteiger partial charge in [-0.05, 0) is 24.6 Å². The Hall–Kier alpha value is -1.41. The van der Waals surface area contributed by atoms with Crippen molar-refractivity contribution in [2.75, 3.05) is 13.2 Å². The first-order chi connectivity index (χ1) is 11.0. The number of ether oxygens (including phenoxy) is 1. The van der Waals surface area contributed by atoms with Crippen molar-refractivity contribution >= 4 is 21.6 Å². The van der Waals surface area contributed by atoms with Crippen LogP contribution in [0.4, 0.5) is 0 Å². The summed E-state index contributed by atoms with van der Waals surface area (Å²) in [5.41, 5.74) is 3.04. The van der Waals surface area contributed by atoms with E-state index in [-0.39, 0.29) is 11.4 Å². The lowest BCUT2D eigenvalue weighted by atomic mass is 10.2. The molecule has 3 rings (SSSR count). The SMILES string of the molecule is Cc1ccc(S(=O)(=O)NCCn2ncc3c2CCOC3)cc1Cl. The van der Waals surface area contributed by atoms with Gasteiger partial charge in [-0.1, -0.05) is 17.7 Å². The summed E-state index contributed by atoms with van der Waals surface area (Å²) in [6.07, 6.45) is 2.58. The van der Waals surface area contributed by atoms with Gasteiger partial charge in [0, 0.05) is 29.2 Å². The minimum atomic E-state index is -3.57. The zero-order valence-corrected chi connectivity index (χ0v) is 14.3. The molecule has 2 aromatic rings. The van der Waals surface area contributed by atoms with E-state index >= 15 is 0 Å². The molecule has 1 aromatic carbocycles. The molecule has 0 unspecified atom stereocenters. The molecule has 1 aliphatic heterocycles. The fraction of sp³-hybridized carbons (Fsp3) is 0.400. The Bertz CT molecular complexity index is 817. The molecule has 8 heteroatoms. The first-order valence-corrected chi connectivity index (χ1v) is 9.20. The number of aromatic nitrogens is 2. The topological polar surface area (TPSA) is 73.2 Å². The lowest BCUT2D eigenvalue weighted by Crippen LogP contribution is -2.28. The molecule has 1 N–H and O–H groups in total. The second-order valence-electron chi connectivity index (χ2n) is 5.45. The molecule has 0 fully saturated rings. The summed E-state index contributed by atoms with van der Waals surface area (Å²) in [4.78, 5) is 0.170. The highest BCUT2D eigenvalue weighted by Gasteiger charge is 2.17. The molecule has 0 bridgehead atoms. The van der Waals surface area contributed by atoms with E-state index < -0.39 is 10.0 Å². The normalized spacial score (nSPS) is 14.7. The molecular weight excluding hydrogens is 338 g/mol. The molecule has 0 saturated heterocycles. The summed E-state index contributed by atoms with van der Waals surface area (Å²) in [5, 5.41) is 4.74. The number of benzene rings is 1. The Labute approximate surface area is 140 Å². The number of sulfonamides is 1. The van der Waals surface area contributed by atoms with Crippen molar-refractivity contribution in [2.45, 2.75) is 31.4 Å². The van der Waals surface area contributed by atoms with Crippen LogP contribution in [0.2, 0.25) is 5.02 Å². The predicted octanol–water partition coefficient (Wildman–Crippen LogP) is 1.90. The third-order valence-electron chi connectivity index (χ3n) is 3.85. The summed E-state index contributed by atoms with van der Waals surface area (Å²) in [6.45, 7) is 3.82. The number of hydrogen-bond acceptors (Lipinski definition) is 4. The monoisotopic (exact) mass is 355 g/mol. The maximum absolute atomic E-state index is 12.3. The van der Waals surface area contributed by atoms with Gasteiger partial charge >= 0.3 is 0 Å². The van der Waals surface area contributed by atoms with Gasteiger partial charge in [-0.15, -0.1) is 0 Å². The molecule has 124 valence electrons. The molecule has 2 heterocycles. The molecule has 1 aliphatic rings. The van der Waals surface area contributed by atoms with Gasteiger partial charge < -0.3 is 4.74 Å². The third-order valence-corrected chi connectivity index (χ3v) is 5.71. The minimum Gasteiger partial charge on any atom is -0.376 e. The van der Waals surface area contributed by atoms with Crippen molar-refractivity contribution < 1.29 is 13.2 Å². The van der Waals surface area contributed by atoms with Gasteiger partial charge in [0.2, 0.25) is 10.0 Å². The van der Waals surface area contributed by atoms with E-state index in [0.717, 1.165) is 23.2 Å². The number of fused-ring (bicyclic) bond motifs is 1. The van der Waals surface area contributed by atoms with E-state index in [0.29, 0.717) is 24.8 Å². The van der Waals surface area contributed by atoms with Crippen LogP contribution >= 0.6 is 11.6 Å². The van der Waals surface area contributed by atoms with Crippen LogP contribution < -0.4 is 4.72 Å². The highest BCUT2D eigenvalue weighted by atomic mass is 35.5. The van der Waals surface area contributed by atoms with Gasteiger partial charge in [0.05, 0.1) is 30.9 Å². The number of hydrogen-bond donors (Lipinski definition) is 1. The molecule has 1 aromatic heterocycles. The Morgan fingerprint density at radius 3 is 3.04 bits per heavy atom. The van der Waals surface area contributed by atoms with Gasteiger partial charge in [-0.2, -0.15) is 5.10 Å². The predicted molar refractivity (Wildman–Crippen MR) is 87.0 cm³/mol. The van der Waals surface area contributed by atoms with E-state index in [2.05, 4.69) is 9.82 Å². The van der Waals surface area contributed by atoms with Crippen molar-refractivity contribution in [1.82, 2.24) is 14.5 Å². The lowest BCUT2D eigenvalue weighted by Gasteiger charge is -2.15. The molecule has 0 radical (unpaired) electrons. The number of halogens is 1. The van der Waals surface area contributed by atoms with Crippen LogP contribution in [0.3, 0.4) is 0 Å². The quantitative estimate of drug-likeness (QED) is 0.889. The maximum Gasteiger partial charge on any atom is 0.240 e. The zero-order valence-electron chi connectivity index (χ0n) is 12.8. The third kappa shape index (κ3) is 3.58. The number of rotatable bonds is 5. The molecular formula is C15H18ClN3O3S. The second-order valence-corrected chi connectivity index (χ2v) is 7.63. The van der Waals surface area contributed by atoms with Crippen molar-refractivity contribution in [2.24, 2.45) is 0 Å². The molecule has 0 saturated carbocycles. The average molecular weight is 356 g/mol. The van der Waals surface area contributed by atoms with Crippen LogP contribution in [0, 0.1) is 6.92 Å². The standard InChI is InChI=1S/C15H18ClN3O3S/c1-11-2-3-13(8-14(11)16)23(20,21)18-5-6-19-15-4-7-22-10-12(15)9-17-19/h2-3,8-9,18H,4-7,10H2,1H3. The number of nitrogens with zero attached hydrogens (tertiary/aromatic N) is 2. The van der Waals surface area contributed by atoms with Crippen molar-refractivity contribution in [1.29, 1.82) is 0 Å². The van der Waals surface area contributed by atoms with E-state index in [1.165, 1.54) is 6.07 Å². The smallest absolute Gasteiger partial charge is 0.240 e. The molecule has 6 nitrogen and oxygen atoms in total. The van der Waals surface area contributed by atoms with Crippen LogP contribution in [0.5, 0.6) is 0 Å². The average Bonchev–Trinajstić information content (AvgIpc) is 2.93. The van der Waals surface area contributed by atoms with Crippen molar-refractivity contribution in [3.8, 4) is 0 Å². The van der Waals surface area contributed by atoms with E-state index in [4.69, 9.17) is 16.3 Å². The summed E-state index contributed by atoms with van der Waals surface area (Å²) in [6, 6.07) is 4.71.